The Hall–Kier alpha value is -2.47. The Balaban J connectivity index is 1.77. The number of hydrogen-bond acceptors (Lipinski definition) is 4. The molecular weight excluding hydrogens is 394 g/mol. The largest absolute Gasteiger partial charge is 0.286 e. The van der Waals surface area contributed by atoms with Crippen LogP contribution in [0.15, 0.2) is 84.0 Å². The van der Waals surface area contributed by atoms with E-state index in [-0.39, 0.29) is 6.04 Å². The molecule has 1 unspecified atom stereocenters. The second-order valence-corrected chi connectivity index (χ2v) is 8.35. The Bertz CT molecular complexity index is 1150. The minimum Gasteiger partial charge on any atom is -0.286 e. The van der Waals surface area contributed by atoms with E-state index in [4.69, 9.17) is 28.8 Å². The van der Waals surface area contributed by atoms with E-state index in [9.17, 15) is 0 Å². The highest BCUT2D eigenvalue weighted by molar-refractivity contribution is 7.73. The number of benzene rings is 2. The van der Waals surface area contributed by atoms with E-state index >= 15 is 0 Å². The minimum atomic E-state index is -0.0659. The molecule has 0 bridgehead atoms. The molecule has 132 valence electrons. The van der Waals surface area contributed by atoms with Gasteiger partial charge in [-0.2, -0.15) is 0 Å². The highest BCUT2D eigenvalue weighted by Gasteiger charge is 2.32. The van der Waals surface area contributed by atoms with E-state index < -0.39 is 0 Å². The van der Waals surface area contributed by atoms with Crippen molar-refractivity contribution in [3.8, 4) is 5.69 Å². The zero-order valence-electron chi connectivity index (χ0n) is 14.1. The molecule has 5 rings (SSSR count). The molecule has 0 spiro atoms. The van der Waals surface area contributed by atoms with Crippen LogP contribution in [-0.4, -0.2) is 10.4 Å². The number of hydrogen-bond donors (Lipinski definition) is 0. The van der Waals surface area contributed by atoms with Crippen LogP contribution < -0.4 is 4.90 Å². The third-order valence-corrected chi connectivity index (χ3v) is 6.26. The minimum absolute atomic E-state index is 0.0659. The molecule has 2 aliphatic rings. The number of thiazole rings is 1. The molecule has 1 aromatic heterocycles. The van der Waals surface area contributed by atoms with Crippen LogP contribution >= 0.6 is 35.2 Å². The summed E-state index contributed by atoms with van der Waals surface area (Å²) in [5, 5.41) is 0.708. The van der Waals surface area contributed by atoms with Crippen molar-refractivity contribution in [2.75, 3.05) is 4.90 Å². The molecule has 2 aliphatic heterocycles. The van der Waals surface area contributed by atoms with Crippen molar-refractivity contribution in [3.05, 3.63) is 98.4 Å². The summed E-state index contributed by atoms with van der Waals surface area (Å²) in [5.74, 6) is 1.96. The Kier molecular flexibility index (Phi) is 4.08. The number of rotatable bonds is 2. The van der Waals surface area contributed by atoms with Gasteiger partial charge in [0.2, 0.25) is 0 Å². The zero-order chi connectivity index (χ0) is 18.4. The van der Waals surface area contributed by atoms with E-state index in [0.29, 0.717) is 5.02 Å². The maximum Gasteiger partial charge on any atom is 0.167 e. The third-order valence-electron chi connectivity index (χ3n) is 4.59. The lowest BCUT2D eigenvalue weighted by atomic mass is 10.0. The van der Waals surface area contributed by atoms with Crippen molar-refractivity contribution >= 4 is 46.8 Å². The van der Waals surface area contributed by atoms with Crippen LogP contribution in [0.1, 0.15) is 16.5 Å². The van der Waals surface area contributed by atoms with Crippen molar-refractivity contribution in [1.82, 2.24) is 4.57 Å². The molecule has 0 radical (unpaired) electrons. The second-order valence-electron chi connectivity index (χ2n) is 6.24. The second kappa shape index (κ2) is 6.60. The fourth-order valence-electron chi connectivity index (χ4n) is 3.37. The van der Waals surface area contributed by atoms with Crippen LogP contribution in [0, 0.1) is 3.95 Å². The molecule has 0 fully saturated rings. The van der Waals surface area contributed by atoms with Crippen LogP contribution in [0.5, 0.6) is 0 Å². The molecule has 0 N–H and O–H groups in total. The van der Waals surface area contributed by atoms with Crippen molar-refractivity contribution < 1.29 is 0 Å². The van der Waals surface area contributed by atoms with Gasteiger partial charge in [-0.25, -0.2) is 0 Å². The molecular formula is C21H14ClN3S2. The van der Waals surface area contributed by atoms with Gasteiger partial charge < -0.3 is 0 Å². The summed E-state index contributed by atoms with van der Waals surface area (Å²) < 4.78 is 2.91. The predicted molar refractivity (Wildman–Crippen MR) is 116 cm³/mol. The first kappa shape index (κ1) is 16.7. The first-order chi connectivity index (χ1) is 13.2. The van der Waals surface area contributed by atoms with Crippen LogP contribution in [-0.2, 0) is 0 Å². The summed E-state index contributed by atoms with van der Waals surface area (Å²) in [6.07, 6.45) is 8.09. The van der Waals surface area contributed by atoms with Crippen LogP contribution in [0.4, 0.5) is 5.82 Å². The van der Waals surface area contributed by atoms with Crippen molar-refractivity contribution in [1.29, 1.82) is 0 Å². The molecule has 3 nitrogen and oxygen atoms in total. The molecule has 3 heterocycles. The topological polar surface area (TPSA) is 20.5 Å². The van der Waals surface area contributed by atoms with Gasteiger partial charge in [0.1, 0.15) is 17.7 Å². The Morgan fingerprint density at radius 1 is 1.00 bits per heavy atom. The fraction of sp³-hybridized carbons (Fsp3) is 0.0476. The van der Waals surface area contributed by atoms with Gasteiger partial charge in [0, 0.05) is 16.9 Å². The van der Waals surface area contributed by atoms with Gasteiger partial charge in [0.25, 0.3) is 0 Å². The fourth-order valence-corrected chi connectivity index (χ4v) is 5.01. The average Bonchev–Trinajstić information content (AvgIpc) is 3.06. The van der Waals surface area contributed by atoms with E-state index in [2.05, 4.69) is 21.6 Å². The summed E-state index contributed by atoms with van der Waals surface area (Å²) in [6.45, 7) is 0. The van der Waals surface area contributed by atoms with E-state index in [1.807, 2.05) is 66.9 Å². The van der Waals surface area contributed by atoms with Crippen molar-refractivity contribution in [2.45, 2.75) is 6.04 Å². The molecule has 0 saturated carbocycles. The highest BCUT2D eigenvalue weighted by Crippen LogP contribution is 2.44. The predicted octanol–water partition coefficient (Wildman–Crippen LogP) is 6.31. The molecule has 0 aliphatic carbocycles. The summed E-state index contributed by atoms with van der Waals surface area (Å²) in [4.78, 5) is 8.26. The van der Waals surface area contributed by atoms with Gasteiger partial charge >= 0.3 is 0 Å². The zero-order valence-corrected chi connectivity index (χ0v) is 16.5. The summed E-state index contributed by atoms with van der Waals surface area (Å²) in [7, 11) is 0. The highest BCUT2D eigenvalue weighted by atomic mass is 35.5. The SMILES string of the molecule is S=c1sc2c(n1-c1ccc(Cl)cc1)N1C=CC=CC1=NC2c1ccccc1. The molecule has 6 heteroatoms. The number of nitrogens with zero attached hydrogens (tertiary/aromatic N) is 3. The first-order valence-electron chi connectivity index (χ1n) is 8.51. The molecule has 3 aromatic rings. The molecule has 1 atom stereocenters. The Morgan fingerprint density at radius 2 is 1.78 bits per heavy atom. The van der Waals surface area contributed by atoms with Crippen LogP contribution in [0.2, 0.25) is 5.02 Å². The summed E-state index contributed by atoms with van der Waals surface area (Å²) in [5.41, 5.74) is 2.16. The summed E-state index contributed by atoms with van der Waals surface area (Å²) >= 11 is 13.5. The average molecular weight is 408 g/mol. The first-order valence-corrected chi connectivity index (χ1v) is 10.1. The quantitative estimate of drug-likeness (QED) is 0.464. The lowest BCUT2D eigenvalue weighted by Crippen LogP contribution is -2.32. The lowest BCUT2D eigenvalue weighted by Gasteiger charge is -2.31. The normalized spacial score (nSPS) is 17.4. The monoisotopic (exact) mass is 407 g/mol. The van der Waals surface area contributed by atoms with Gasteiger partial charge in [0.05, 0.1) is 4.88 Å². The van der Waals surface area contributed by atoms with E-state index in [0.717, 1.165) is 31.7 Å². The third kappa shape index (κ3) is 2.79. The molecule has 2 aromatic carbocycles. The lowest BCUT2D eigenvalue weighted by molar-refractivity contribution is 0.851. The van der Waals surface area contributed by atoms with E-state index in [1.165, 1.54) is 0 Å². The molecule has 27 heavy (non-hydrogen) atoms. The number of aliphatic imine (C=N–C) groups is 1. The van der Waals surface area contributed by atoms with Gasteiger partial charge in [-0.05, 0) is 54.2 Å². The standard InChI is InChI=1S/C21H14ClN3S2/c22-15-9-11-16(12-10-15)25-20-19(27-21(25)26)18(14-6-2-1-3-7-14)23-17-8-4-5-13-24(17)20/h1-13,18H. The van der Waals surface area contributed by atoms with Crippen LogP contribution in [0.3, 0.4) is 0 Å². The van der Waals surface area contributed by atoms with Crippen molar-refractivity contribution in [2.24, 2.45) is 4.99 Å². The Morgan fingerprint density at radius 3 is 2.56 bits per heavy atom. The maximum atomic E-state index is 6.09. The summed E-state index contributed by atoms with van der Waals surface area (Å²) in [6, 6.07) is 18.1. The van der Waals surface area contributed by atoms with Crippen LogP contribution in [0.25, 0.3) is 5.69 Å². The number of halogens is 1. The maximum absolute atomic E-state index is 6.09. The van der Waals surface area contributed by atoms with Crippen molar-refractivity contribution in [3.63, 3.8) is 0 Å². The number of anilines is 1. The van der Waals surface area contributed by atoms with E-state index in [1.54, 1.807) is 11.3 Å². The number of fused-ring (bicyclic) bond motifs is 3. The smallest absolute Gasteiger partial charge is 0.167 e. The number of amidine groups is 1. The molecule has 0 saturated heterocycles. The Labute approximate surface area is 171 Å². The number of aromatic nitrogens is 1. The molecule has 0 amide bonds. The van der Waals surface area contributed by atoms with Gasteiger partial charge in [0.15, 0.2) is 3.95 Å². The van der Waals surface area contributed by atoms with Gasteiger partial charge in [-0.15, -0.1) is 11.3 Å². The van der Waals surface area contributed by atoms with Gasteiger partial charge in [-0.1, -0.05) is 48.0 Å². The number of allylic oxidation sites excluding steroid dienone is 2. The van der Waals surface area contributed by atoms with Gasteiger partial charge in [-0.3, -0.25) is 14.5 Å².